The van der Waals surface area contributed by atoms with E-state index in [1.165, 1.54) is 12.1 Å². The molecule has 5 nitrogen and oxygen atoms in total. The third-order valence-corrected chi connectivity index (χ3v) is 4.97. The lowest BCUT2D eigenvalue weighted by Gasteiger charge is -2.19. The van der Waals surface area contributed by atoms with Gasteiger partial charge in [-0.1, -0.05) is 48.5 Å². The smallest absolute Gasteiger partial charge is 0.210 e. The number of nitrogens with one attached hydrogen (secondary N) is 1. The Hall–Kier alpha value is -3.93. The molecule has 4 aromatic rings. The Balaban J connectivity index is 1.77. The zero-order chi connectivity index (χ0) is 21.8. The van der Waals surface area contributed by atoms with Crippen molar-refractivity contribution in [2.45, 2.75) is 6.04 Å². The average Bonchev–Trinajstić information content (AvgIpc) is 3.19. The van der Waals surface area contributed by atoms with Crippen molar-refractivity contribution in [2.24, 2.45) is 7.05 Å². The Morgan fingerprint density at radius 3 is 2.55 bits per heavy atom. The minimum atomic E-state index is -0.685. The standard InChI is InChI=1S/C25H22FN3O2/c1-29-16-22(18-10-6-11-19(26)14-18)24(28-29)25(30)23(17-8-4-3-5-9-17)27-20-12-7-13-21(15-20)31-2/h3-16,23,27H,1-2H3. The molecule has 0 saturated carbocycles. The highest BCUT2D eigenvalue weighted by molar-refractivity contribution is 6.05. The largest absolute Gasteiger partial charge is 0.497 e. The summed E-state index contributed by atoms with van der Waals surface area (Å²) in [6, 6.07) is 22.3. The molecule has 0 radical (unpaired) electrons. The van der Waals surface area contributed by atoms with Crippen LogP contribution in [0.4, 0.5) is 10.1 Å². The van der Waals surface area contributed by atoms with Gasteiger partial charge in [0.1, 0.15) is 23.3 Å². The molecule has 156 valence electrons. The first-order valence-electron chi connectivity index (χ1n) is 9.84. The first-order valence-corrected chi connectivity index (χ1v) is 9.84. The number of hydrogen-bond donors (Lipinski definition) is 1. The highest BCUT2D eigenvalue weighted by Crippen LogP contribution is 2.30. The van der Waals surface area contributed by atoms with Gasteiger partial charge in [0.15, 0.2) is 0 Å². The van der Waals surface area contributed by atoms with Crippen molar-refractivity contribution in [1.29, 1.82) is 0 Å². The number of halogens is 1. The fraction of sp³-hybridized carbons (Fsp3) is 0.120. The normalized spacial score (nSPS) is 11.7. The second-order valence-corrected chi connectivity index (χ2v) is 7.16. The molecule has 0 aliphatic carbocycles. The number of aryl methyl sites for hydroxylation is 1. The molecule has 0 bridgehead atoms. The topological polar surface area (TPSA) is 56.1 Å². The van der Waals surface area contributed by atoms with Crippen LogP contribution in [0.1, 0.15) is 22.1 Å². The number of hydrogen-bond acceptors (Lipinski definition) is 4. The van der Waals surface area contributed by atoms with Crippen LogP contribution in [0, 0.1) is 5.82 Å². The number of anilines is 1. The molecule has 0 saturated heterocycles. The molecule has 1 atom stereocenters. The van der Waals surface area contributed by atoms with Crippen molar-refractivity contribution in [3.05, 3.63) is 102 Å². The van der Waals surface area contributed by atoms with E-state index in [-0.39, 0.29) is 17.3 Å². The highest BCUT2D eigenvalue weighted by Gasteiger charge is 2.27. The van der Waals surface area contributed by atoms with Gasteiger partial charge in [0.25, 0.3) is 0 Å². The van der Waals surface area contributed by atoms with E-state index in [0.717, 1.165) is 11.3 Å². The third kappa shape index (κ3) is 4.48. The molecule has 6 heteroatoms. The second kappa shape index (κ2) is 8.83. The van der Waals surface area contributed by atoms with Crippen LogP contribution < -0.4 is 10.1 Å². The molecule has 0 amide bonds. The van der Waals surface area contributed by atoms with Crippen LogP contribution in [0.15, 0.2) is 85.1 Å². The number of rotatable bonds is 7. The fourth-order valence-electron chi connectivity index (χ4n) is 3.50. The highest BCUT2D eigenvalue weighted by atomic mass is 19.1. The summed E-state index contributed by atoms with van der Waals surface area (Å²) in [4.78, 5) is 13.7. The lowest BCUT2D eigenvalue weighted by Crippen LogP contribution is -2.22. The molecular formula is C25H22FN3O2. The number of methoxy groups -OCH3 is 1. The Morgan fingerprint density at radius 1 is 1.03 bits per heavy atom. The van der Waals surface area contributed by atoms with E-state index >= 15 is 0 Å². The van der Waals surface area contributed by atoms with Crippen molar-refractivity contribution in [3.63, 3.8) is 0 Å². The van der Waals surface area contributed by atoms with E-state index in [9.17, 15) is 9.18 Å². The number of benzene rings is 3. The number of aromatic nitrogens is 2. The Morgan fingerprint density at radius 2 is 1.81 bits per heavy atom. The quantitative estimate of drug-likeness (QED) is 0.418. The molecule has 1 aromatic heterocycles. The molecule has 0 fully saturated rings. The van der Waals surface area contributed by atoms with Crippen LogP contribution in [-0.4, -0.2) is 22.7 Å². The summed E-state index contributed by atoms with van der Waals surface area (Å²) < 4.78 is 20.7. The maximum Gasteiger partial charge on any atom is 0.210 e. The fourth-order valence-corrected chi connectivity index (χ4v) is 3.50. The van der Waals surface area contributed by atoms with E-state index in [1.54, 1.807) is 37.2 Å². The number of carbonyl (C=O) groups is 1. The minimum Gasteiger partial charge on any atom is -0.497 e. The second-order valence-electron chi connectivity index (χ2n) is 7.16. The summed E-state index contributed by atoms with van der Waals surface area (Å²) in [6.45, 7) is 0. The van der Waals surface area contributed by atoms with E-state index in [4.69, 9.17) is 4.74 Å². The molecule has 4 rings (SSSR count). The van der Waals surface area contributed by atoms with Gasteiger partial charge in [-0.3, -0.25) is 9.48 Å². The lowest BCUT2D eigenvalue weighted by atomic mass is 9.96. The molecular weight excluding hydrogens is 393 g/mol. The van der Waals surface area contributed by atoms with E-state index in [2.05, 4.69) is 10.4 Å². The zero-order valence-electron chi connectivity index (χ0n) is 17.2. The molecule has 31 heavy (non-hydrogen) atoms. The van der Waals surface area contributed by atoms with Crippen molar-refractivity contribution in [3.8, 4) is 16.9 Å². The van der Waals surface area contributed by atoms with Gasteiger partial charge in [-0.05, 0) is 35.4 Å². The van der Waals surface area contributed by atoms with E-state index < -0.39 is 6.04 Å². The summed E-state index contributed by atoms with van der Waals surface area (Å²) in [5, 5.41) is 7.73. The van der Waals surface area contributed by atoms with Gasteiger partial charge < -0.3 is 10.1 Å². The van der Waals surface area contributed by atoms with Crippen LogP contribution in [-0.2, 0) is 7.05 Å². The van der Waals surface area contributed by atoms with Gasteiger partial charge >= 0.3 is 0 Å². The van der Waals surface area contributed by atoms with Gasteiger partial charge in [-0.25, -0.2) is 4.39 Å². The van der Waals surface area contributed by atoms with Crippen molar-refractivity contribution < 1.29 is 13.9 Å². The van der Waals surface area contributed by atoms with Crippen molar-refractivity contribution in [2.75, 3.05) is 12.4 Å². The van der Waals surface area contributed by atoms with Crippen LogP contribution in [0.5, 0.6) is 5.75 Å². The first-order chi connectivity index (χ1) is 15.0. The van der Waals surface area contributed by atoms with Crippen LogP contribution >= 0.6 is 0 Å². The molecule has 1 heterocycles. The zero-order valence-corrected chi connectivity index (χ0v) is 17.2. The van der Waals surface area contributed by atoms with Crippen LogP contribution in [0.25, 0.3) is 11.1 Å². The predicted molar refractivity (Wildman–Crippen MR) is 119 cm³/mol. The predicted octanol–water partition coefficient (Wildman–Crippen LogP) is 5.27. The number of ether oxygens (including phenoxy) is 1. The first kappa shape index (κ1) is 20.3. The maximum absolute atomic E-state index is 13.8. The Bertz CT molecular complexity index is 1200. The molecule has 0 aliphatic rings. The molecule has 1 unspecified atom stereocenters. The lowest BCUT2D eigenvalue weighted by molar-refractivity contribution is 0.0964. The Kier molecular flexibility index (Phi) is 5.80. The molecule has 0 spiro atoms. The number of nitrogens with zero attached hydrogens (tertiary/aromatic N) is 2. The molecule has 0 aliphatic heterocycles. The molecule has 1 N–H and O–H groups in total. The van der Waals surface area contributed by atoms with Gasteiger partial charge in [-0.15, -0.1) is 0 Å². The maximum atomic E-state index is 13.8. The minimum absolute atomic E-state index is 0.214. The van der Waals surface area contributed by atoms with Gasteiger partial charge in [-0.2, -0.15) is 5.10 Å². The summed E-state index contributed by atoms with van der Waals surface area (Å²) in [5.74, 6) is 0.102. The third-order valence-electron chi connectivity index (χ3n) is 4.97. The van der Waals surface area contributed by atoms with Gasteiger partial charge in [0, 0.05) is 30.6 Å². The number of Topliss-reactive ketones (excluding diaryl/α,β-unsaturated/α-hetero) is 1. The SMILES string of the molecule is COc1cccc(NC(C(=O)c2nn(C)cc2-c2cccc(F)c2)c2ccccc2)c1. The van der Waals surface area contributed by atoms with Crippen molar-refractivity contribution >= 4 is 11.5 Å². The van der Waals surface area contributed by atoms with Gasteiger partial charge in [0.2, 0.25) is 5.78 Å². The summed E-state index contributed by atoms with van der Waals surface area (Å²) in [7, 11) is 3.34. The van der Waals surface area contributed by atoms with Crippen LogP contribution in [0.3, 0.4) is 0 Å². The summed E-state index contributed by atoms with van der Waals surface area (Å²) in [6.07, 6.45) is 1.73. The monoisotopic (exact) mass is 415 g/mol. The van der Waals surface area contributed by atoms with Gasteiger partial charge in [0.05, 0.1) is 7.11 Å². The van der Waals surface area contributed by atoms with E-state index in [1.807, 2.05) is 54.6 Å². The summed E-state index contributed by atoms with van der Waals surface area (Å²) >= 11 is 0. The van der Waals surface area contributed by atoms with Crippen molar-refractivity contribution in [1.82, 2.24) is 9.78 Å². The molecule has 3 aromatic carbocycles. The van der Waals surface area contributed by atoms with Crippen LogP contribution in [0.2, 0.25) is 0 Å². The Labute approximate surface area is 180 Å². The average molecular weight is 415 g/mol. The number of ketones is 1. The van der Waals surface area contributed by atoms with E-state index in [0.29, 0.717) is 16.9 Å². The number of carbonyl (C=O) groups excluding carboxylic acids is 1. The summed E-state index contributed by atoms with van der Waals surface area (Å²) in [5.41, 5.74) is 3.00.